The van der Waals surface area contributed by atoms with Crippen molar-refractivity contribution in [1.29, 1.82) is 0 Å². The second kappa shape index (κ2) is 7.41. The zero-order valence-electron chi connectivity index (χ0n) is 12.4. The van der Waals surface area contributed by atoms with Crippen LogP contribution < -0.4 is 5.32 Å². The summed E-state index contributed by atoms with van der Waals surface area (Å²) in [6, 6.07) is 8.74. The van der Waals surface area contributed by atoms with E-state index in [0.29, 0.717) is 13.0 Å². The van der Waals surface area contributed by atoms with Crippen molar-refractivity contribution >= 4 is 5.91 Å². The van der Waals surface area contributed by atoms with Crippen molar-refractivity contribution in [3.05, 3.63) is 35.4 Å². The third-order valence-corrected chi connectivity index (χ3v) is 3.86. The normalized spacial score (nSPS) is 19.1. The Labute approximate surface area is 121 Å². The summed E-state index contributed by atoms with van der Waals surface area (Å²) in [5, 5.41) is 3.38. The molecule has 4 heteroatoms. The summed E-state index contributed by atoms with van der Waals surface area (Å²) in [5.74, 6) is 0.179. The quantitative estimate of drug-likeness (QED) is 0.891. The standard InChI is InChI=1S/C16H24N2O2/c1-3-13-4-6-14(7-5-13)15-12-17-9-10-18(15)16(19)8-11-20-2/h4-7,15,17H,3,8-12H2,1-2H3. The summed E-state index contributed by atoms with van der Waals surface area (Å²) in [5.41, 5.74) is 2.54. The first-order chi connectivity index (χ1) is 9.76. The molecule has 1 unspecified atom stereocenters. The molecule has 1 N–H and O–H groups in total. The first-order valence-electron chi connectivity index (χ1n) is 7.34. The molecule has 1 aliphatic heterocycles. The number of nitrogens with one attached hydrogen (secondary N) is 1. The van der Waals surface area contributed by atoms with Crippen LogP contribution in [0.5, 0.6) is 0 Å². The van der Waals surface area contributed by atoms with E-state index in [1.165, 1.54) is 11.1 Å². The molecule has 1 aromatic carbocycles. The SMILES string of the molecule is CCc1ccc(C2CNCCN2C(=O)CCOC)cc1. The Morgan fingerprint density at radius 3 is 2.80 bits per heavy atom. The number of piperazine rings is 1. The molecule has 110 valence electrons. The molecule has 4 nitrogen and oxygen atoms in total. The average molecular weight is 276 g/mol. The molecule has 0 aliphatic carbocycles. The highest BCUT2D eigenvalue weighted by atomic mass is 16.5. The number of rotatable bonds is 5. The van der Waals surface area contributed by atoms with Crippen molar-refractivity contribution in [2.45, 2.75) is 25.8 Å². The lowest BCUT2D eigenvalue weighted by Crippen LogP contribution is -2.48. The van der Waals surface area contributed by atoms with Crippen LogP contribution in [0, 0.1) is 0 Å². The summed E-state index contributed by atoms with van der Waals surface area (Å²) in [6.45, 7) is 5.09. The molecule has 0 bridgehead atoms. The predicted octanol–water partition coefficient (Wildman–Crippen LogP) is 1.76. The smallest absolute Gasteiger partial charge is 0.225 e. The van der Waals surface area contributed by atoms with E-state index in [2.05, 4.69) is 36.5 Å². The largest absolute Gasteiger partial charge is 0.384 e. The fourth-order valence-corrected chi connectivity index (χ4v) is 2.61. The van der Waals surface area contributed by atoms with Crippen LogP contribution in [0.4, 0.5) is 0 Å². The third kappa shape index (κ3) is 3.58. The van der Waals surface area contributed by atoms with Crippen molar-refractivity contribution in [2.75, 3.05) is 33.4 Å². The molecule has 1 atom stereocenters. The van der Waals surface area contributed by atoms with Gasteiger partial charge in [0.25, 0.3) is 0 Å². The van der Waals surface area contributed by atoms with Crippen LogP contribution in [0.2, 0.25) is 0 Å². The number of carbonyl (C=O) groups is 1. The Hall–Kier alpha value is -1.39. The topological polar surface area (TPSA) is 41.6 Å². The Morgan fingerprint density at radius 2 is 2.15 bits per heavy atom. The molecule has 0 spiro atoms. The number of methoxy groups -OCH3 is 1. The average Bonchev–Trinajstić information content (AvgIpc) is 2.52. The third-order valence-electron chi connectivity index (χ3n) is 3.86. The van der Waals surface area contributed by atoms with Gasteiger partial charge in [-0.2, -0.15) is 0 Å². The highest BCUT2D eigenvalue weighted by Gasteiger charge is 2.27. The lowest BCUT2D eigenvalue weighted by molar-refractivity contribution is -0.135. The van der Waals surface area contributed by atoms with E-state index in [4.69, 9.17) is 4.74 Å². The highest BCUT2D eigenvalue weighted by molar-refractivity contribution is 5.77. The summed E-state index contributed by atoms with van der Waals surface area (Å²) in [7, 11) is 1.63. The maximum Gasteiger partial charge on any atom is 0.225 e. The van der Waals surface area contributed by atoms with Gasteiger partial charge in [-0.3, -0.25) is 4.79 Å². The Kier molecular flexibility index (Phi) is 5.56. The van der Waals surface area contributed by atoms with E-state index in [9.17, 15) is 4.79 Å². The molecule has 1 aromatic rings. The van der Waals surface area contributed by atoms with Gasteiger partial charge >= 0.3 is 0 Å². The number of carbonyl (C=O) groups excluding carboxylic acids is 1. The number of ether oxygens (including phenoxy) is 1. The van der Waals surface area contributed by atoms with Crippen LogP contribution in [-0.2, 0) is 16.0 Å². The minimum Gasteiger partial charge on any atom is -0.384 e. The summed E-state index contributed by atoms with van der Waals surface area (Å²) in [6.07, 6.45) is 1.50. The van der Waals surface area contributed by atoms with Gasteiger partial charge in [-0.1, -0.05) is 31.2 Å². The minimum absolute atomic E-state index is 0.138. The summed E-state index contributed by atoms with van der Waals surface area (Å²) < 4.78 is 5.01. The van der Waals surface area contributed by atoms with Gasteiger partial charge in [0.05, 0.1) is 19.1 Å². The Bertz CT molecular complexity index is 431. The van der Waals surface area contributed by atoms with Crippen molar-refractivity contribution in [3.63, 3.8) is 0 Å². The molecule has 20 heavy (non-hydrogen) atoms. The molecule has 0 radical (unpaired) electrons. The van der Waals surface area contributed by atoms with E-state index in [1.807, 2.05) is 4.90 Å². The zero-order chi connectivity index (χ0) is 14.4. The van der Waals surface area contributed by atoms with Gasteiger partial charge < -0.3 is 15.0 Å². The molecule has 2 rings (SSSR count). The van der Waals surface area contributed by atoms with E-state index in [0.717, 1.165) is 26.1 Å². The number of benzene rings is 1. The molecular weight excluding hydrogens is 252 g/mol. The van der Waals surface area contributed by atoms with Gasteiger partial charge in [0.2, 0.25) is 5.91 Å². The lowest BCUT2D eigenvalue weighted by atomic mass is 10.0. The van der Waals surface area contributed by atoms with Gasteiger partial charge in [-0.15, -0.1) is 0 Å². The molecule has 1 heterocycles. The first-order valence-corrected chi connectivity index (χ1v) is 7.34. The van der Waals surface area contributed by atoms with E-state index >= 15 is 0 Å². The predicted molar refractivity (Wildman–Crippen MR) is 79.6 cm³/mol. The monoisotopic (exact) mass is 276 g/mol. The van der Waals surface area contributed by atoms with Crippen LogP contribution >= 0.6 is 0 Å². The van der Waals surface area contributed by atoms with Crippen LogP contribution in [0.3, 0.4) is 0 Å². The van der Waals surface area contributed by atoms with Gasteiger partial charge in [0, 0.05) is 26.7 Å². The number of aryl methyl sites for hydroxylation is 1. The van der Waals surface area contributed by atoms with Crippen molar-refractivity contribution in [3.8, 4) is 0 Å². The summed E-state index contributed by atoms with van der Waals surface area (Å²) in [4.78, 5) is 14.3. The number of hydrogen-bond acceptors (Lipinski definition) is 3. The molecule has 1 saturated heterocycles. The van der Waals surface area contributed by atoms with E-state index in [1.54, 1.807) is 7.11 Å². The van der Waals surface area contributed by atoms with Gasteiger partial charge in [-0.05, 0) is 17.5 Å². The molecule has 0 aromatic heterocycles. The van der Waals surface area contributed by atoms with Crippen LogP contribution in [0.15, 0.2) is 24.3 Å². The van der Waals surface area contributed by atoms with Crippen molar-refractivity contribution in [1.82, 2.24) is 10.2 Å². The molecule has 0 saturated carbocycles. The van der Waals surface area contributed by atoms with Gasteiger partial charge in [-0.25, -0.2) is 0 Å². The van der Waals surface area contributed by atoms with Crippen LogP contribution in [-0.4, -0.2) is 44.2 Å². The maximum absolute atomic E-state index is 12.3. The maximum atomic E-state index is 12.3. The van der Waals surface area contributed by atoms with E-state index in [-0.39, 0.29) is 11.9 Å². The van der Waals surface area contributed by atoms with Crippen LogP contribution in [0.25, 0.3) is 0 Å². The fraction of sp³-hybridized carbons (Fsp3) is 0.562. The number of amides is 1. The van der Waals surface area contributed by atoms with Crippen molar-refractivity contribution in [2.24, 2.45) is 0 Å². The van der Waals surface area contributed by atoms with Crippen LogP contribution in [0.1, 0.15) is 30.5 Å². The Morgan fingerprint density at radius 1 is 1.40 bits per heavy atom. The van der Waals surface area contributed by atoms with Gasteiger partial charge in [0.1, 0.15) is 0 Å². The number of hydrogen-bond donors (Lipinski definition) is 1. The van der Waals surface area contributed by atoms with E-state index < -0.39 is 0 Å². The summed E-state index contributed by atoms with van der Waals surface area (Å²) >= 11 is 0. The van der Waals surface area contributed by atoms with Crippen molar-refractivity contribution < 1.29 is 9.53 Å². The molecular formula is C16H24N2O2. The fourth-order valence-electron chi connectivity index (χ4n) is 2.61. The van der Waals surface area contributed by atoms with Gasteiger partial charge in [0.15, 0.2) is 0 Å². The zero-order valence-corrected chi connectivity index (χ0v) is 12.4. The lowest BCUT2D eigenvalue weighted by Gasteiger charge is -2.36. The molecule has 1 amide bonds. The number of nitrogens with zero attached hydrogens (tertiary/aromatic N) is 1. The first kappa shape index (κ1) is 15.0. The second-order valence-electron chi connectivity index (χ2n) is 5.14. The second-order valence-corrected chi connectivity index (χ2v) is 5.14. The highest BCUT2D eigenvalue weighted by Crippen LogP contribution is 2.23. The molecule has 1 fully saturated rings. The minimum atomic E-state index is 0.138. The molecule has 1 aliphatic rings. The Balaban J connectivity index is 2.10.